The zero-order valence-corrected chi connectivity index (χ0v) is 14.2. The van der Waals surface area contributed by atoms with Gasteiger partial charge in [-0.25, -0.2) is 9.50 Å². The Balaban J connectivity index is 1.70. The Hall–Kier alpha value is -2.90. The van der Waals surface area contributed by atoms with Crippen LogP contribution in [0.1, 0.15) is 53.4 Å². The number of aryl methyl sites for hydroxylation is 2. The quantitative estimate of drug-likeness (QED) is 0.784. The molecule has 1 atom stereocenters. The third-order valence-electron chi connectivity index (χ3n) is 4.60. The summed E-state index contributed by atoms with van der Waals surface area (Å²) in [4.78, 5) is 31.2. The van der Waals surface area contributed by atoms with Gasteiger partial charge in [-0.15, -0.1) is 0 Å². The molecule has 0 unspecified atom stereocenters. The topological polar surface area (TPSA) is 96.5 Å². The van der Waals surface area contributed by atoms with Gasteiger partial charge in [-0.05, 0) is 26.2 Å². The number of carbonyl (C=O) groups excluding carboxylic acids is 1. The second-order valence-corrected chi connectivity index (χ2v) is 6.33. The van der Waals surface area contributed by atoms with Gasteiger partial charge in [0.25, 0.3) is 11.5 Å². The lowest BCUT2D eigenvalue weighted by atomic mass is 10.1. The summed E-state index contributed by atoms with van der Waals surface area (Å²) in [6.45, 7) is 4.38. The van der Waals surface area contributed by atoms with E-state index in [0.717, 1.165) is 24.2 Å². The van der Waals surface area contributed by atoms with Gasteiger partial charge in [-0.2, -0.15) is 0 Å². The Labute approximate surface area is 143 Å². The average molecular weight is 341 g/mol. The highest BCUT2D eigenvalue weighted by molar-refractivity contribution is 5.92. The molecule has 0 aromatic carbocycles. The van der Waals surface area contributed by atoms with Crippen molar-refractivity contribution in [2.45, 2.75) is 39.2 Å². The molecule has 25 heavy (non-hydrogen) atoms. The molecule has 1 fully saturated rings. The van der Waals surface area contributed by atoms with Crippen molar-refractivity contribution in [1.29, 1.82) is 0 Å². The van der Waals surface area contributed by atoms with Crippen LogP contribution in [0.15, 0.2) is 27.5 Å². The molecular weight excluding hydrogens is 322 g/mol. The highest BCUT2D eigenvalue weighted by Gasteiger charge is 2.33. The lowest BCUT2D eigenvalue weighted by Crippen LogP contribution is -2.30. The minimum Gasteiger partial charge on any atom is -0.351 e. The number of aromatic nitrogens is 4. The number of nitrogens with zero attached hydrogens (tertiary/aromatic N) is 4. The molecule has 8 nitrogen and oxygen atoms in total. The molecule has 4 rings (SSSR count). The van der Waals surface area contributed by atoms with E-state index in [0.29, 0.717) is 24.3 Å². The van der Waals surface area contributed by atoms with E-state index in [1.807, 2.05) is 13.0 Å². The molecule has 0 bridgehead atoms. The minimum absolute atomic E-state index is 0.135. The fourth-order valence-electron chi connectivity index (χ4n) is 3.35. The predicted molar refractivity (Wildman–Crippen MR) is 89.4 cm³/mol. The number of carbonyl (C=O) groups is 1. The Morgan fingerprint density at radius 2 is 2.24 bits per heavy atom. The summed E-state index contributed by atoms with van der Waals surface area (Å²) in [6, 6.07) is 4.89. The minimum atomic E-state index is -0.184. The monoisotopic (exact) mass is 341 g/mol. The van der Waals surface area contributed by atoms with Crippen molar-refractivity contribution >= 4 is 11.6 Å². The van der Waals surface area contributed by atoms with Gasteiger partial charge in [0.2, 0.25) is 5.76 Å². The summed E-state index contributed by atoms with van der Waals surface area (Å²) in [6.07, 6.45) is 2.41. The van der Waals surface area contributed by atoms with E-state index in [4.69, 9.17) is 4.52 Å². The van der Waals surface area contributed by atoms with Gasteiger partial charge in [0.15, 0.2) is 5.65 Å². The van der Waals surface area contributed by atoms with Crippen LogP contribution in [-0.4, -0.2) is 37.1 Å². The molecule has 1 aliphatic rings. The SMILES string of the molecule is CCc1cc(=O)n2[nH]c([C@H]3CCCN3C(=O)c3cc(C)no3)cc2n1. The third-order valence-corrected chi connectivity index (χ3v) is 4.60. The highest BCUT2D eigenvalue weighted by Crippen LogP contribution is 2.32. The first-order valence-corrected chi connectivity index (χ1v) is 8.42. The van der Waals surface area contributed by atoms with E-state index in [1.54, 1.807) is 17.9 Å². The smallest absolute Gasteiger partial charge is 0.293 e. The van der Waals surface area contributed by atoms with E-state index in [9.17, 15) is 9.59 Å². The molecule has 0 spiro atoms. The zero-order chi connectivity index (χ0) is 17.6. The van der Waals surface area contributed by atoms with Crippen molar-refractivity contribution in [1.82, 2.24) is 24.7 Å². The number of H-pyrrole nitrogens is 1. The molecule has 1 saturated heterocycles. The predicted octanol–water partition coefficient (Wildman–Crippen LogP) is 1.86. The van der Waals surface area contributed by atoms with E-state index >= 15 is 0 Å². The third kappa shape index (κ3) is 2.63. The number of aromatic amines is 1. The summed E-state index contributed by atoms with van der Waals surface area (Å²) in [5.74, 6) is 0.0559. The van der Waals surface area contributed by atoms with Gasteiger partial charge in [-0.1, -0.05) is 12.1 Å². The molecule has 1 N–H and O–H groups in total. The Kier molecular flexibility index (Phi) is 3.67. The van der Waals surface area contributed by atoms with Gasteiger partial charge < -0.3 is 9.42 Å². The van der Waals surface area contributed by atoms with Crippen molar-refractivity contribution in [3.63, 3.8) is 0 Å². The second-order valence-electron chi connectivity index (χ2n) is 6.33. The molecule has 1 aliphatic heterocycles. The number of fused-ring (bicyclic) bond motifs is 1. The van der Waals surface area contributed by atoms with Gasteiger partial charge in [0, 0.05) is 30.4 Å². The molecule has 3 aromatic rings. The van der Waals surface area contributed by atoms with Crippen LogP contribution >= 0.6 is 0 Å². The van der Waals surface area contributed by atoms with Crippen LogP contribution in [0.4, 0.5) is 0 Å². The molecule has 8 heteroatoms. The summed E-state index contributed by atoms with van der Waals surface area (Å²) in [5.41, 5.74) is 2.67. The van der Waals surface area contributed by atoms with Crippen LogP contribution in [0.3, 0.4) is 0 Å². The van der Waals surface area contributed by atoms with Crippen LogP contribution in [0, 0.1) is 6.92 Å². The standard InChI is InChI=1S/C17H19N5O3/c1-3-11-8-16(23)22-15(18-11)9-12(19-22)13-5-4-6-21(13)17(24)14-7-10(2)20-25-14/h7-9,13,19H,3-6H2,1-2H3/t13-/m1/s1. The number of hydrogen-bond donors (Lipinski definition) is 1. The largest absolute Gasteiger partial charge is 0.351 e. The van der Waals surface area contributed by atoms with E-state index < -0.39 is 0 Å². The van der Waals surface area contributed by atoms with Crippen LogP contribution in [0.25, 0.3) is 5.65 Å². The molecule has 4 heterocycles. The summed E-state index contributed by atoms with van der Waals surface area (Å²) < 4.78 is 6.54. The van der Waals surface area contributed by atoms with Crippen molar-refractivity contribution < 1.29 is 9.32 Å². The summed E-state index contributed by atoms with van der Waals surface area (Å²) >= 11 is 0. The number of hydrogen-bond acceptors (Lipinski definition) is 5. The number of nitrogens with one attached hydrogen (secondary N) is 1. The Morgan fingerprint density at radius 1 is 1.40 bits per heavy atom. The van der Waals surface area contributed by atoms with E-state index in [1.165, 1.54) is 10.6 Å². The first kappa shape index (κ1) is 15.6. The normalized spacial score (nSPS) is 17.5. The van der Waals surface area contributed by atoms with Gasteiger partial charge in [0.05, 0.1) is 17.4 Å². The summed E-state index contributed by atoms with van der Waals surface area (Å²) in [7, 11) is 0. The van der Waals surface area contributed by atoms with Gasteiger partial charge in [-0.3, -0.25) is 14.7 Å². The lowest BCUT2D eigenvalue weighted by Gasteiger charge is -2.22. The van der Waals surface area contributed by atoms with E-state index in [2.05, 4.69) is 15.2 Å². The fraction of sp³-hybridized carbons (Fsp3) is 0.412. The van der Waals surface area contributed by atoms with Gasteiger partial charge in [0.1, 0.15) is 0 Å². The molecular formula is C17H19N5O3. The molecule has 1 amide bonds. The lowest BCUT2D eigenvalue weighted by molar-refractivity contribution is 0.0690. The summed E-state index contributed by atoms with van der Waals surface area (Å²) in [5, 5.41) is 6.89. The maximum absolute atomic E-state index is 12.7. The number of likely N-dealkylation sites (tertiary alicyclic amines) is 1. The highest BCUT2D eigenvalue weighted by atomic mass is 16.5. The first-order valence-electron chi connectivity index (χ1n) is 8.42. The molecule has 3 aromatic heterocycles. The van der Waals surface area contributed by atoms with E-state index in [-0.39, 0.29) is 23.3 Å². The maximum atomic E-state index is 12.7. The molecule has 130 valence electrons. The number of amides is 1. The molecule has 0 saturated carbocycles. The van der Waals surface area contributed by atoms with Crippen molar-refractivity contribution in [2.24, 2.45) is 0 Å². The van der Waals surface area contributed by atoms with Crippen LogP contribution in [-0.2, 0) is 6.42 Å². The van der Waals surface area contributed by atoms with Crippen LogP contribution in [0.2, 0.25) is 0 Å². The van der Waals surface area contributed by atoms with Crippen molar-refractivity contribution in [3.05, 3.63) is 51.4 Å². The van der Waals surface area contributed by atoms with Crippen molar-refractivity contribution in [3.8, 4) is 0 Å². The Morgan fingerprint density at radius 3 is 2.96 bits per heavy atom. The Bertz CT molecular complexity index is 999. The maximum Gasteiger partial charge on any atom is 0.293 e. The first-order chi connectivity index (χ1) is 12.1. The average Bonchev–Trinajstić information content (AvgIpc) is 3.32. The molecule has 0 radical (unpaired) electrons. The second kappa shape index (κ2) is 5.87. The molecule has 0 aliphatic carbocycles. The van der Waals surface area contributed by atoms with Gasteiger partial charge >= 0.3 is 0 Å². The zero-order valence-electron chi connectivity index (χ0n) is 14.2. The van der Waals surface area contributed by atoms with Crippen LogP contribution < -0.4 is 5.56 Å². The van der Waals surface area contributed by atoms with Crippen molar-refractivity contribution in [2.75, 3.05) is 6.54 Å². The number of rotatable bonds is 3. The fourth-order valence-corrected chi connectivity index (χ4v) is 3.35. The van der Waals surface area contributed by atoms with Crippen LogP contribution in [0.5, 0.6) is 0 Å².